The van der Waals surface area contributed by atoms with Crippen LogP contribution >= 0.6 is 0 Å². The summed E-state index contributed by atoms with van der Waals surface area (Å²) in [5.74, 6) is 1.59. The molecule has 0 spiro atoms. The molecule has 0 unspecified atom stereocenters. The van der Waals surface area contributed by atoms with Crippen LogP contribution in [0.25, 0.3) is 10.9 Å². The molecule has 1 aliphatic rings. The number of anilines is 2. The van der Waals surface area contributed by atoms with E-state index in [-0.39, 0.29) is 5.95 Å². The molecule has 0 bridgehead atoms. The van der Waals surface area contributed by atoms with Crippen molar-refractivity contribution in [3.05, 3.63) is 18.2 Å². The lowest BCUT2D eigenvalue weighted by molar-refractivity contribution is -0.119. The lowest BCUT2D eigenvalue weighted by Gasteiger charge is -2.29. The molecular formula is C15H19N5O2. The number of nitrogens with two attached hydrogens (primary N) is 2. The summed E-state index contributed by atoms with van der Waals surface area (Å²) >= 11 is 0. The van der Waals surface area contributed by atoms with Gasteiger partial charge in [-0.2, -0.15) is 4.98 Å². The van der Waals surface area contributed by atoms with E-state index in [2.05, 4.69) is 9.97 Å². The Morgan fingerprint density at radius 3 is 2.77 bits per heavy atom. The molecule has 7 heteroatoms. The third-order valence-electron chi connectivity index (χ3n) is 4.00. The summed E-state index contributed by atoms with van der Waals surface area (Å²) in [5, 5.41) is 0.696. The molecule has 4 N–H and O–H groups in total. The number of amides is 1. The van der Waals surface area contributed by atoms with Gasteiger partial charge < -0.3 is 21.1 Å². The van der Waals surface area contributed by atoms with Crippen LogP contribution in [0.3, 0.4) is 0 Å². The monoisotopic (exact) mass is 301 g/mol. The van der Waals surface area contributed by atoms with Gasteiger partial charge in [0.2, 0.25) is 12.4 Å². The van der Waals surface area contributed by atoms with E-state index in [1.54, 1.807) is 4.90 Å². The number of hydrogen-bond donors (Lipinski definition) is 2. The van der Waals surface area contributed by atoms with E-state index in [9.17, 15) is 4.79 Å². The number of nitrogens with zero attached hydrogens (tertiary/aromatic N) is 3. The quantitative estimate of drug-likeness (QED) is 0.817. The van der Waals surface area contributed by atoms with E-state index >= 15 is 0 Å². The highest BCUT2D eigenvalue weighted by molar-refractivity contribution is 5.94. The van der Waals surface area contributed by atoms with Gasteiger partial charge in [-0.1, -0.05) is 6.07 Å². The summed E-state index contributed by atoms with van der Waals surface area (Å²) in [6.45, 7) is 2.17. The molecule has 2 aromatic rings. The minimum absolute atomic E-state index is 0.156. The molecule has 1 aliphatic heterocycles. The molecule has 0 radical (unpaired) electrons. The Hall–Kier alpha value is -2.57. The van der Waals surface area contributed by atoms with Gasteiger partial charge in [-0.25, -0.2) is 4.98 Å². The van der Waals surface area contributed by atoms with Crippen molar-refractivity contribution in [2.45, 2.75) is 12.8 Å². The molecule has 1 saturated heterocycles. The molecule has 1 amide bonds. The van der Waals surface area contributed by atoms with Gasteiger partial charge in [0.25, 0.3) is 0 Å². The number of benzene rings is 1. The number of hydrogen-bond acceptors (Lipinski definition) is 6. The van der Waals surface area contributed by atoms with Crippen LogP contribution in [0, 0.1) is 5.92 Å². The van der Waals surface area contributed by atoms with E-state index in [0.29, 0.717) is 35.0 Å². The maximum atomic E-state index is 10.7. The average molecular weight is 301 g/mol. The van der Waals surface area contributed by atoms with E-state index in [4.69, 9.17) is 16.2 Å². The van der Waals surface area contributed by atoms with Crippen molar-refractivity contribution in [1.82, 2.24) is 14.9 Å². The predicted octanol–water partition coefficient (Wildman–Crippen LogP) is 1.04. The lowest BCUT2D eigenvalue weighted by Crippen LogP contribution is -2.34. The van der Waals surface area contributed by atoms with Gasteiger partial charge in [0.05, 0.1) is 17.5 Å². The van der Waals surface area contributed by atoms with Crippen LogP contribution in [-0.2, 0) is 4.79 Å². The van der Waals surface area contributed by atoms with Crippen molar-refractivity contribution in [3.8, 4) is 5.75 Å². The number of fused-ring (bicyclic) bond motifs is 1. The summed E-state index contributed by atoms with van der Waals surface area (Å²) in [6.07, 6.45) is 2.80. The highest BCUT2D eigenvalue weighted by Crippen LogP contribution is 2.30. The van der Waals surface area contributed by atoms with E-state index in [0.717, 1.165) is 32.3 Å². The first-order valence-corrected chi connectivity index (χ1v) is 7.31. The van der Waals surface area contributed by atoms with Crippen LogP contribution in [0.15, 0.2) is 18.2 Å². The van der Waals surface area contributed by atoms with Crippen molar-refractivity contribution < 1.29 is 9.53 Å². The van der Waals surface area contributed by atoms with Crippen molar-refractivity contribution in [2.75, 3.05) is 31.2 Å². The Kier molecular flexibility index (Phi) is 3.95. The maximum Gasteiger partial charge on any atom is 0.222 e. The Morgan fingerprint density at radius 1 is 1.27 bits per heavy atom. The Labute approximate surface area is 128 Å². The molecule has 2 heterocycles. The first kappa shape index (κ1) is 14.4. The van der Waals surface area contributed by atoms with Crippen LogP contribution in [0.2, 0.25) is 0 Å². The summed E-state index contributed by atoms with van der Waals surface area (Å²) < 4.78 is 5.94. The summed E-state index contributed by atoms with van der Waals surface area (Å²) in [4.78, 5) is 20.7. The lowest BCUT2D eigenvalue weighted by atomic mass is 9.98. The van der Waals surface area contributed by atoms with Crippen LogP contribution in [0.4, 0.5) is 11.8 Å². The second kappa shape index (κ2) is 6.05. The molecule has 0 aliphatic carbocycles. The normalized spacial score (nSPS) is 15.9. The second-order valence-electron chi connectivity index (χ2n) is 5.51. The SMILES string of the molecule is Nc1nc(N)c2c(OCC3CCN(C=O)CC3)cccc2n1. The van der Waals surface area contributed by atoms with Crippen molar-refractivity contribution in [3.63, 3.8) is 0 Å². The summed E-state index contributed by atoms with van der Waals surface area (Å²) in [7, 11) is 0. The van der Waals surface area contributed by atoms with E-state index < -0.39 is 0 Å². The van der Waals surface area contributed by atoms with Gasteiger partial charge >= 0.3 is 0 Å². The van der Waals surface area contributed by atoms with Gasteiger partial charge in [-0.15, -0.1) is 0 Å². The minimum Gasteiger partial charge on any atom is -0.492 e. The topological polar surface area (TPSA) is 107 Å². The van der Waals surface area contributed by atoms with Crippen molar-refractivity contribution in [1.29, 1.82) is 0 Å². The van der Waals surface area contributed by atoms with E-state index in [1.807, 2.05) is 18.2 Å². The van der Waals surface area contributed by atoms with Crippen LogP contribution in [-0.4, -0.2) is 41.0 Å². The minimum atomic E-state index is 0.156. The highest BCUT2D eigenvalue weighted by Gasteiger charge is 2.19. The molecule has 1 aromatic heterocycles. The fourth-order valence-electron chi connectivity index (χ4n) is 2.75. The standard InChI is InChI=1S/C15H19N5O2/c16-14-13-11(18-15(17)19-14)2-1-3-12(13)22-8-10-4-6-20(9-21)7-5-10/h1-3,9-10H,4-8H2,(H4,16,17,18,19). The highest BCUT2D eigenvalue weighted by atomic mass is 16.5. The first-order valence-electron chi connectivity index (χ1n) is 7.31. The van der Waals surface area contributed by atoms with Crippen molar-refractivity contribution >= 4 is 29.1 Å². The predicted molar refractivity (Wildman–Crippen MR) is 84.2 cm³/mol. The van der Waals surface area contributed by atoms with E-state index in [1.165, 1.54) is 0 Å². The molecule has 0 saturated carbocycles. The number of piperidine rings is 1. The molecular weight excluding hydrogens is 282 g/mol. The molecule has 1 aromatic carbocycles. The second-order valence-corrected chi connectivity index (χ2v) is 5.51. The van der Waals surface area contributed by atoms with Gasteiger partial charge in [0.1, 0.15) is 11.6 Å². The Morgan fingerprint density at radius 2 is 2.05 bits per heavy atom. The number of rotatable bonds is 4. The number of carbonyl (C=O) groups excluding carboxylic acids is 1. The number of likely N-dealkylation sites (tertiary alicyclic amines) is 1. The number of aromatic nitrogens is 2. The molecule has 1 fully saturated rings. The molecule has 0 atom stereocenters. The molecule has 7 nitrogen and oxygen atoms in total. The van der Waals surface area contributed by atoms with Crippen LogP contribution in [0.5, 0.6) is 5.75 Å². The number of ether oxygens (including phenoxy) is 1. The Balaban J connectivity index is 1.73. The van der Waals surface area contributed by atoms with Gasteiger partial charge in [-0.05, 0) is 30.9 Å². The first-order chi connectivity index (χ1) is 10.7. The fraction of sp³-hybridized carbons (Fsp3) is 0.400. The maximum absolute atomic E-state index is 10.7. The zero-order valence-electron chi connectivity index (χ0n) is 12.2. The fourth-order valence-corrected chi connectivity index (χ4v) is 2.75. The summed E-state index contributed by atoms with van der Waals surface area (Å²) in [5.41, 5.74) is 12.2. The van der Waals surface area contributed by atoms with Crippen LogP contribution < -0.4 is 16.2 Å². The zero-order chi connectivity index (χ0) is 15.5. The smallest absolute Gasteiger partial charge is 0.222 e. The number of nitrogen functional groups attached to an aromatic ring is 2. The number of carbonyl (C=O) groups is 1. The van der Waals surface area contributed by atoms with Crippen LogP contribution in [0.1, 0.15) is 12.8 Å². The molecule has 3 rings (SSSR count). The van der Waals surface area contributed by atoms with Crippen molar-refractivity contribution in [2.24, 2.45) is 5.92 Å². The third-order valence-corrected chi connectivity index (χ3v) is 4.00. The largest absolute Gasteiger partial charge is 0.492 e. The van der Waals surface area contributed by atoms with Gasteiger partial charge in [0, 0.05) is 13.1 Å². The van der Waals surface area contributed by atoms with Gasteiger partial charge in [0.15, 0.2) is 0 Å². The average Bonchev–Trinajstić information content (AvgIpc) is 2.52. The van der Waals surface area contributed by atoms with Gasteiger partial charge in [-0.3, -0.25) is 4.79 Å². The molecule has 22 heavy (non-hydrogen) atoms. The summed E-state index contributed by atoms with van der Waals surface area (Å²) in [6, 6.07) is 5.55. The zero-order valence-corrected chi connectivity index (χ0v) is 12.2. The molecule has 116 valence electrons. The third kappa shape index (κ3) is 2.88. The Bertz CT molecular complexity index is 683.